The van der Waals surface area contributed by atoms with Gasteiger partial charge in [-0.15, -0.1) is 0 Å². The molecule has 0 spiro atoms. The maximum Gasteiger partial charge on any atom is 0.119 e. The summed E-state index contributed by atoms with van der Waals surface area (Å²) < 4.78 is 7.22. The normalized spacial score (nSPS) is 10.5. The molecular formula is C12H12ClNO. The Kier molecular flexibility index (Phi) is 2.69. The molecule has 0 aliphatic carbocycles. The average Bonchev–Trinajstić information content (AvgIpc) is 2.60. The maximum absolute atomic E-state index is 5.79. The Balaban J connectivity index is 2.47. The molecule has 1 aromatic carbocycles. The molecule has 2 rings (SSSR count). The lowest BCUT2D eigenvalue weighted by molar-refractivity contribution is 0.415. The van der Waals surface area contributed by atoms with Crippen molar-refractivity contribution in [3.63, 3.8) is 0 Å². The molecular weight excluding hydrogens is 210 g/mol. The van der Waals surface area contributed by atoms with E-state index in [2.05, 4.69) is 11.1 Å². The highest BCUT2D eigenvalue weighted by molar-refractivity contribution is 6.29. The molecule has 2 aromatic rings. The number of allylic oxidation sites excluding steroid dienone is 1. The number of aromatic nitrogens is 1. The molecule has 0 saturated heterocycles. The molecule has 0 fully saturated rings. The lowest BCUT2D eigenvalue weighted by Crippen LogP contribution is -1.94. The van der Waals surface area contributed by atoms with Crippen LogP contribution in [0.25, 0.3) is 10.9 Å². The van der Waals surface area contributed by atoms with Gasteiger partial charge in [-0.05, 0) is 24.3 Å². The highest BCUT2D eigenvalue weighted by atomic mass is 35.5. The van der Waals surface area contributed by atoms with Crippen LogP contribution in [0.15, 0.2) is 42.1 Å². The van der Waals surface area contributed by atoms with E-state index in [1.54, 1.807) is 7.11 Å². The number of halogens is 1. The Hall–Kier alpha value is -1.41. The van der Waals surface area contributed by atoms with Crippen LogP contribution >= 0.6 is 11.6 Å². The van der Waals surface area contributed by atoms with Crippen molar-refractivity contribution in [2.75, 3.05) is 7.11 Å². The quantitative estimate of drug-likeness (QED) is 0.775. The highest BCUT2D eigenvalue weighted by Crippen LogP contribution is 2.22. The van der Waals surface area contributed by atoms with Gasteiger partial charge in [0, 0.05) is 22.1 Å². The van der Waals surface area contributed by atoms with Gasteiger partial charge in [0.05, 0.1) is 13.7 Å². The summed E-state index contributed by atoms with van der Waals surface area (Å²) in [7, 11) is 1.67. The van der Waals surface area contributed by atoms with Crippen molar-refractivity contribution in [3.05, 3.63) is 42.1 Å². The van der Waals surface area contributed by atoms with Crippen molar-refractivity contribution in [2.45, 2.75) is 6.54 Å². The molecule has 0 aliphatic heterocycles. The predicted molar refractivity (Wildman–Crippen MR) is 63.5 cm³/mol. The monoisotopic (exact) mass is 221 g/mol. The van der Waals surface area contributed by atoms with Crippen LogP contribution in [0.2, 0.25) is 0 Å². The SMILES string of the molecule is C=C(Cl)Cn1ccc2cc(OC)ccc21. The second-order valence-electron chi connectivity index (χ2n) is 3.39. The molecule has 0 amide bonds. The van der Waals surface area contributed by atoms with Gasteiger partial charge in [0.25, 0.3) is 0 Å². The van der Waals surface area contributed by atoms with Gasteiger partial charge >= 0.3 is 0 Å². The van der Waals surface area contributed by atoms with Crippen molar-refractivity contribution in [3.8, 4) is 5.75 Å². The molecule has 15 heavy (non-hydrogen) atoms. The smallest absolute Gasteiger partial charge is 0.119 e. The minimum Gasteiger partial charge on any atom is -0.497 e. The fourth-order valence-electron chi connectivity index (χ4n) is 1.63. The van der Waals surface area contributed by atoms with E-state index in [0.717, 1.165) is 16.7 Å². The number of fused-ring (bicyclic) bond motifs is 1. The highest BCUT2D eigenvalue weighted by Gasteiger charge is 2.02. The molecule has 0 N–H and O–H groups in total. The van der Waals surface area contributed by atoms with Crippen molar-refractivity contribution in [1.29, 1.82) is 0 Å². The number of methoxy groups -OCH3 is 1. The minimum atomic E-state index is 0.628. The Morgan fingerprint density at radius 2 is 2.27 bits per heavy atom. The topological polar surface area (TPSA) is 14.2 Å². The Bertz CT molecular complexity index is 501. The third kappa shape index (κ3) is 2.00. The standard InChI is InChI=1S/C12H12ClNO/c1-9(13)8-14-6-5-10-7-11(15-2)3-4-12(10)14/h3-7H,1,8H2,2H3. The molecule has 0 bridgehead atoms. The van der Waals surface area contributed by atoms with E-state index in [1.165, 1.54) is 0 Å². The van der Waals surface area contributed by atoms with Gasteiger partial charge in [0.1, 0.15) is 5.75 Å². The van der Waals surface area contributed by atoms with Crippen LogP contribution in [0.5, 0.6) is 5.75 Å². The van der Waals surface area contributed by atoms with Crippen LogP contribution in [0.4, 0.5) is 0 Å². The summed E-state index contributed by atoms with van der Waals surface area (Å²) in [5.41, 5.74) is 1.14. The van der Waals surface area contributed by atoms with Gasteiger partial charge in [-0.3, -0.25) is 0 Å². The van der Waals surface area contributed by atoms with E-state index in [9.17, 15) is 0 Å². The van der Waals surface area contributed by atoms with Crippen LogP contribution < -0.4 is 4.74 Å². The minimum absolute atomic E-state index is 0.628. The molecule has 3 heteroatoms. The Morgan fingerprint density at radius 1 is 1.47 bits per heavy atom. The summed E-state index contributed by atoms with van der Waals surface area (Å²) in [4.78, 5) is 0. The summed E-state index contributed by atoms with van der Waals surface area (Å²) in [5.74, 6) is 0.866. The van der Waals surface area contributed by atoms with E-state index in [-0.39, 0.29) is 0 Å². The van der Waals surface area contributed by atoms with Gasteiger partial charge in [0.2, 0.25) is 0 Å². The van der Waals surface area contributed by atoms with Crippen LogP contribution in [0, 0.1) is 0 Å². The van der Waals surface area contributed by atoms with Gasteiger partial charge in [-0.1, -0.05) is 18.2 Å². The number of hydrogen-bond acceptors (Lipinski definition) is 1. The third-order valence-corrected chi connectivity index (χ3v) is 2.44. The van der Waals surface area contributed by atoms with E-state index in [4.69, 9.17) is 16.3 Å². The second-order valence-corrected chi connectivity index (χ2v) is 3.92. The fourth-order valence-corrected chi connectivity index (χ4v) is 1.76. The van der Waals surface area contributed by atoms with Gasteiger partial charge in [-0.25, -0.2) is 0 Å². The first-order valence-corrected chi connectivity index (χ1v) is 5.04. The van der Waals surface area contributed by atoms with E-state index < -0.39 is 0 Å². The van der Waals surface area contributed by atoms with Crippen LogP contribution in [0.3, 0.4) is 0 Å². The summed E-state index contributed by atoms with van der Waals surface area (Å²) >= 11 is 5.79. The van der Waals surface area contributed by atoms with E-state index in [0.29, 0.717) is 11.6 Å². The van der Waals surface area contributed by atoms with Crippen molar-refractivity contribution < 1.29 is 4.74 Å². The lowest BCUT2D eigenvalue weighted by Gasteiger charge is -2.04. The molecule has 0 aliphatic rings. The summed E-state index contributed by atoms with van der Waals surface area (Å²) in [5, 5.41) is 1.77. The largest absolute Gasteiger partial charge is 0.497 e. The van der Waals surface area contributed by atoms with Crippen LogP contribution in [0.1, 0.15) is 0 Å². The van der Waals surface area contributed by atoms with Gasteiger partial charge in [0.15, 0.2) is 0 Å². The second kappa shape index (κ2) is 3.99. The van der Waals surface area contributed by atoms with Crippen molar-refractivity contribution in [1.82, 2.24) is 4.57 Å². The Labute approximate surface area is 93.7 Å². The van der Waals surface area contributed by atoms with E-state index >= 15 is 0 Å². The first kappa shape index (κ1) is 10.1. The number of rotatable bonds is 3. The first-order valence-electron chi connectivity index (χ1n) is 4.67. The lowest BCUT2D eigenvalue weighted by atomic mass is 10.2. The summed E-state index contributed by atoms with van der Waals surface area (Å²) in [6.45, 7) is 4.33. The molecule has 1 aromatic heterocycles. The van der Waals surface area contributed by atoms with E-state index in [1.807, 2.05) is 30.5 Å². The van der Waals surface area contributed by atoms with Crippen LogP contribution in [-0.2, 0) is 6.54 Å². The van der Waals surface area contributed by atoms with Crippen molar-refractivity contribution >= 4 is 22.5 Å². The number of ether oxygens (including phenoxy) is 1. The van der Waals surface area contributed by atoms with Gasteiger partial charge in [-0.2, -0.15) is 0 Å². The summed E-state index contributed by atoms with van der Waals surface area (Å²) in [6.07, 6.45) is 2.00. The zero-order valence-corrected chi connectivity index (χ0v) is 9.29. The Morgan fingerprint density at radius 3 is 2.93 bits per heavy atom. The molecule has 0 radical (unpaired) electrons. The molecule has 0 saturated carbocycles. The molecule has 0 unspecified atom stereocenters. The van der Waals surface area contributed by atoms with Crippen LogP contribution in [-0.4, -0.2) is 11.7 Å². The van der Waals surface area contributed by atoms with Gasteiger partial charge < -0.3 is 9.30 Å². The number of benzene rings is 1. The summed E-state index contributed by atoms with van der Waals surface area (Å²) in [6, 6.07) is 8.00. The zero-order chi connectivity index (χ0) is 10.8. The van der Waals surface area contributed by atoms with Crippen molar-refractivity contribution in [2.24, 2.45) is 0 Å². The molecule has 1 heterocycles. The third-order valence-electron chi connectivity index (χ3n) is 2.32. The average molecular weight is 222 g/mol. The zero-order valence-electron chi connectivity index (χ0n) is 8.53. The first-order chi connectivity index (χ1) is 7.20. The molecule has 2 nitrogen and oxygen atoms in total. The maximum atomic E-state index is 5.79. The molecule has 78 valence electrons. The molecule has 0 atom stereocenters. The number of hydrogen-bond donors (Lipinski definition) is 0. The number of nitrogens with zero attached hydrogens (tertiary/aromatic N) is 1. The predicted octanol–water partition coefficient (Wildman–Crippen LogP) is 3.40. The fraction of sp³-hybridized carbons (Fsp3) is 0.167.